The molecule has 1 atom stereocenters. The number of nitrogens with one attached hydrogen (secondary N) is 1. The smallest absolute Gasteiger partial charge is 0.161 e. The molecule has 0 radical (unpaired) electrons. The van der Waals surface area contributed by atoms with Crippen molar-refractivity contribution >= 4 is 11.8 Å². The van der Waals surface area contributed by atoms with Crippen LogP contribution in [0, 0.1) is 0 Å². The van der Waals surface area contributed by atoms with Crippen molar-refractivity contribution < 1.29 is 14.6 Å². The van der Waals surface area contributed by atoms with E-state index in [0.717, 1.165) is 35.9 Å². The summed E-state index contributed by atoms with van der Waals surface area (Å²) in [5, 5.41) is 13.7. The lowest BCUT2D eigenvalue weighted by atomic mass is 10.2. The highest BCUT2D eigenvalue weighted by atomic mass is 32.2. The van der Waals surface area contributed by atoms with Crippen LogP contribution in [-0.2, 0) is 13.1 Å². The van der Waals surface area contributed by atoms with Gasteiger partial charge in [0.25, 0.3) is 0 Å². The van der Waals surface area contributed by atoms with Gasteiger partial charge in [-0.3, -0.25) is 9.88 Å². The third kappa shape index (κ3) is 6.67. The van der Waals surface area contributed by atoms with Crippen LogP contribution >= 0.6 is 11.8 Å². The molecule has 6 nitrogen and oxygen atoms in total. The molecule has 1 aliphatic heterocycles. The van der Waals surface area contributed by atoms with Crippen LogP contribution in [0.4, 0.5) is 0 Å². The predicted octanol–water partition coefficient (Wildman–Crippen LogP) is 2.17. The maximum absolute atomic E-state index is 10.3. The number of ether oxygens (including phenoxy) is 2. The Morgan fingerprint density at radius 3 is 2.79 bits per heavy atom. The Labute approximate surface area is 171 Å². The molecule has 1 fully saturated rings. The number of β-amino-alcohol motifs (C(OH)–C–C–N with tert-alkyl or cyclic N) is 1. The van der Waals surface area contributed by atoms with Crippen LogP contribution in [0.2, 0.25) is 0 Å². The fourth-order valence-electron chi connectivity index (χ4n) is 3.10. The summed E-state index contributed by atoms with van der Waals surface area (Å²) < 4.78 is 11.3. The number of aromatic nitrogens is 1. The lowest BCUT2D eigenvalue weighted by Gasteiger charge is -2.28. The number of benzene rings is 1. The van der Waals surface area contributed by atoms with Gasteiger partial charge in [-0.1, -0.05) is 12.1 Å². The maximum atomic E-state index is 10.3. The van der Waals surface area contributed by atoms with E-state index in [9.17, 15) is 5.11 Å². The molecule has 2 N–H and O–H groups in total. The van der Waals surface area contributed by atoms with Crippen LogP contribution in [0.5, 0.6) is 11.5 Å². The average Bonchev–Trinajstić information content (AvgIpc) is 2.74. The van der Waals surface area contributed by atoms with Crippen molar-refractivity contribution in [1.82, 2.24) is 15.2 Å². The topological polar surface area (TPSA) is 66.8 Å². The number of thioether (sulfide) groups is 1. The standard InChI is InChI=1S/C21H29N3O3S/c1-26-21-12-17(13-22-14-18-4-2-3-7-23-18)5-6-20(21)27-16-19(25)15-24-8-10-28-11-9-24/h2-7,12,19,22,25H,8-11,13-16H2,1H3. The number of hydrogen-bond acceptors (Lipinski definition) is 7. The van der Waals surface area contributed by atoms with Crippen LogP contribution in [0.1, 0.15) is 11.3 Å². The minimum absolute atomic E-state index is 0.261. The molecule has 2 aromatic rings. The monoisotopic (exact) mass is 403 g/mol. The second-order valence-electron chi connectivity index (χ2n) is 6.79. The highest BCUT2D eigenvalue weighted by molar-refractivity contribution is 7.99. The molecule has 1 aromatic carbocycles. The Kier molecular flexibility index (Phi) is 8.42. The number of pyridine rings is 1. The number of rotatable bonds is 10. The molecule has 0 saturated carbocycles. The third-order valence-electron chi connectivity index (χ3n) is 4.59. The van der Waals surface area contributed by atoms with Gasteiger partial charge in [-0.25, -0.2) is 0 Å². The lowest BCUT2D eigenvalue weighted by Crippen LogP contribution is -2.40. The van der Waals surface area contributed by atoms with Gasteiger partial charge >= 0.3 is 0 Å². The average molecular weight is 404 g/mol. The Bertz CT molecular complexity index is 711. The zero-order valence-corrected chi connectivity index (χ0v) is 17.2. The normalized spacial score (nSPS) is 15.9. The Hall–Kier alpha value is -1.80. The van der Waals surface area contributed by atoms with Gasteiger partial charge < -0.3 is 19.9 Å². The van der Waals surface area contributed by atoms with E-state index in [2.05, 4.69) is 15.2 Å². The summed E-state index contributed by atoms with van der Waals surface area (Å²) in [6.07, 6.45) is 1.29. The molecule has 0 amide bonds. The zero-order chi connectivity index (χ0) is 19.6. The second-order valence-corrected chi connectivity index (χ2v) is 8.01. The molecule has 1 aromatic heterocycles. The van der Waals surface area contributed by atoms with Crippen molar-refractivity contribution in [2.75, 3.05) is 44.9 Å². The molecule has 0 spiro atoms. The molecule has 28 heavy (non-hydrogen) atoms. The largest absolute Gasteiger partial charge is 0.493 e. The molecule has 1 aliphatic rings. The summed E-state index contributed by atoms with van der Waals surface area (Å²) in [6.45, 7) is 4.40. The van der Waals surface area contributed by atoms with Crippen molar-refractivity contribution in [3.63, 3.8) is 0 Å². The molecular weight excluding hydrogens is 374 g/mol. The van der Waals surface area contributed by atoms with Crippen molar-refractivity contribution in [3.8, 4) is 11.5 Å². The van der Waals surface area contributed by atoms with Crippen molar-refractivity contribution in [2.24, 2.45) is 0 Å². The first-order chi connectivity index (χ1) is 13.7. The molecule has 1 saturated heterocycles. The fourth-order valence-corrected chi connectivity index (χ4v) is 4.08. The van der Waals surface area contributed by atoms with Crippen LogP contribution in [0.25, 0.3) is 0 Å². The van der Waals surface area contributed by atoms with Crippen LogP contribution in [0.15, 0.2) is 42.6 Å². The van der Waals surface area contributed by atoms with Crippen molar-refractivity contribution in [2.45, 2.75) is 19.2 Å². The molecule has 152 valence electrons. The number of aliphatic hydroxyl groups is 1. The number of aliphatic hydroxyl groups excluding tert-OH is 1. The van der Waals surface area contributed by atoms with E-state index in [0.29, 0.717) is 31.1 Å². The van der Waals surface area contributed by atoms with Crippen molar-refractivity contribution in [1.29, 1.82) is 0 Å². The number of hydrogen-bond donors (Lipinski definition) is 2. The second kappa shape index (κ2) is 11.3. The quantitative estimate of drug-likeness (QED) is 0.630. The van der Waals surface area contributed by atoms with Gasteiger partial charge in [0, 0.05) is 50.4 Å². The molecule has 7 heteroatoms. The van der Waals surface area contributed by atoms with Gasteiger partial charge in [-0.2, -0.15) is 11.8 Å². The van der Waals surface area contributed by atoms with E-state index in [1.54, 1.807) is 13.3 Å². The van der Waals surface area contributed by atoms with Gasteiger partial charge in [0.2, 0.25) is 0 Å². The van der Waals surface area contributed by atoms with E-state index >= 15 is 0 Å². The highest BCUT2D eigenvalue weighted by Gasteiger charge is 2.16. The third-order valence-corrected chi connectivity index (χ3v) is 5.54. The van der Waals surface area contributed by atoms with Crippen LogP contribution < -0.4 is 14.8 Å². The number of methoxy groups -OCH3 is 1. The molecule has 0 aliphatic carbocycles. The van der Waals surface area contributed by atoms with E-state index in [-0.39, 0.29) is 6.61 Å². The minimum Gasteiger partial charge on any atom is -0.493 e. The first-order valence-electron chi connectivity index (χ1n) is 9.63. The fraction of sp³-hybridized carbons (Fsp3) is 0.476. The maximum Gasteiger partial charge on any atom is 0.161 e. The summed E-state index contributed by atoms with van der Waals surface area (Å²) in [4.78, 5) is 6.59. The van der Waals surface area contributed by atoms with Gasteiger partial charge in [-0.15, -0.1) is 0 Å². The van der Waals surface area contributed by atoms with Crippen LogP contribution in [0.3, 0.4) is 0 Å². The van der Waals surface area contributed by atoms with E-state index in [1.165, 1.54) is 0 Å². The molecule has 2 heterocycles. The van der Waals surface area contributed by atoms with Gasteiger partial charge in [0.15, 0.2) is 11.5 Å². The van der Waals surface area contributed by atoms with Crippen molar-refractivity contribution in [3.05, 3.63) is 53.9 Å². The van der Waals surface area contributed by atoms with Gasteiger partial charge in [0.1, 0.15) is 12.7 Å². The summed E-state index contributed by atoms with van der Waals surface area (Å²) >= 11 is 1.97. The Morgan fingerprint density at radius 1 is 1.18 bits per heavy atom. The summed E-state index contributed by atoms with van der Waals surface area (Å²) in [7, 11) is 1.63. The molecule has 1 unspecified atom stereocenters. The van der Waals surface area contributed by atoms with E-state index in [4.69, 9.17) is 9.47 Å². The Balaban J connectivity index is 1.46. The molecular formula is C21H29N3O3S. The van der Waals surface area contributed by atoms with Crippen LogP contribution in [-0.4, -0.2) is 66.0 Å². The SMILES string of the molecule is COc1cc(CNCc2ccccn2)ccc1OCC(O)CN1CCSCC1. The van der Waals surface area contributed by atoms with Gasteiger partial charge in [0.05, 0.1) is 12.8 Å². The molecule has 3 rings (SSSR count). The molecule has 0 bridgehead atoms. The predicted molar refractivity (Wildman–Crippen MR) is 113 cm³/mol. The summed E-state index contributed by atoms with van der Waals surface area (Å²) in [5.74, 6) is 3.61. The first-order valence-corrected chi connectivity index (χ1v) is 10.8. The highest BCUT2D eigenvalue weighted by Crippen LogP contribution is 2.28. The minimum atomic E-state index is -0.507. The number of nitrogens with zero attached hydrogens (tertiary/aromatic N) is 2. The zero-order valence-electron chi connectivity index (χ0n) is 16.3. The van der Waals surface area contributed by atoms with Gasteiger partial charge in [-0.05, 0) is 29.8 Å². The first kappa shape index (κ1) is 20.9. The van der Waals surface area contributed by atoms with E-state index in [1.807, 2.05) is 48.2 Å². The lowest BCUT2D eigenvalue weighted by molar-refractivity contribution is 0.0705. The Morgan fingerprint density at radius 2 is 2.04 bits per heavy atom. The summed E-state index contributed by atoms with van der Waals surface area (Å²) in [6, 6.07) is 11.8. The van der Waals surface area contributed by atoms with E-state index < -0.39 is 6.10 Å². The summed E-state index contributed by atoms with van der Waals surface area (Å²) in [5.41, 5.74) is 2.11.